The minimum absolute atomic E-state index is 0.0247. The summed E-state index contributed by atoms with van der Waals surface area (Å²) in [6.07, 6.45) is 0.942. The maximum atomic E-state index is 12.8. The van der Waals surface area contributed by atoms with Gasteiger partial charge in [0.1, 0.15) is 0 Å². The lowest BCUT2D eigenvalue weighted by molar-refractivity contribution is -0.131. The van der Waals surface area contributed by atoms with Gasteiger partial charge in [0.05, 0.1) is 4.90 Å². The van der Waals surface area contributed by atoms with Crippen LogP contribution in [0.5, 0.6) is 0 Å². The van der Waals surface area contributed by atoms with Crippen LogP contribution in [0.3, 0.4) is 0 Å². The lowest BCUT2D eigenvalue weighted by Crippen LogP contribution is -2.47. The molecule has 1 fully saturated rings. The molecule has 1 aliphatic rings. The summed E-state index contributed by atoms with van der Waals surface area (Å²) in [7, 11) is -3.56. The highest BCUT2D eigenvalue weighted by Crippen LogP contribution is 2.17. The lowest BCUT2D eigenvalue weighted by Gasteiger charge is -2.28. The van der Waals surface area contributed by atoms with Crippen LogP contribution >= 0.6 is 0 Å². The van der Waals surface area contributed by atoms with E-state index >= 15 is 0 Å². The molecule has 0 atom stereocenters. The molecule has 1 aromatic carbocycles. The van der Waals surface area contributed by atoms with Gasteiger partial charge in [-0.1, -0.05) is 24.6 Å². The summed E-state index contributed by atoms with van der Waals surface area (Å²) in [5.41, 5.74) is 1.02. The van der Waals surface area contributed by atoms with Gasteiger partial charge in [-0.3, -0.25) is 4.79 Å². The molecule has 7 heteroatoms. The fourth-order valence-electron chi connectivity index (χ4n) is 2.75. The van der Waals surface area contributed by atoms with Crippen LogP contribution in [0.15, 0.2) is 29.2 Å². The molecule has 2 rings (SSSR count). The number of hydrogen-bond donors (Lipinski definition) is 1. The summed E-state index contributed by atoms with van der Waals surface area (Å²) in [4.78, 5) is 14.4. The number of nitrogens with one attached hydrogen (secondary N) is 1. The van der Waals surface area contributed by atoms with Gasteiger partial charge in [-0.25, -0.2) is 8.42 Å². The highest BCUT2D eigenvalue weighted by atomic mass is 32.2. The first-order valence-electron chi connectivity index (χ1n) is 8.50. The van der Waals surface area contributed by atoms with Gasteiger partial charge < -0.3 is 10.2 Å². The lowest BCUT2D eigenvalue weighted by atomic mass is 10.2. The second-order valence-electron chi connectivity index (χ2n) is 6.10. The van der Waals surface area contributed by atoms with Gasteiger partial charge in [0.2, 0.25) is 15.9 Å². The zero-order valence-corrected chi connectivity index (χ0v) is 15.3. The molecule has 1 heterocycles. The van der Waals surface area contributed by atoms with Crippen LogP contribution < -0.4 is 5.32 Å². The van der Waals surface area contributed by atoms with Gasteiger partial charge in [-0.2, -0.15) is 4.31 Å². The van der Waals surface area contributed by atoms with Crippen molar-refractivity contribution in [2.45, 2.75) is 31.6 Å². The largest absolute Gasteiger partial charge is 0.340 e. The number of sulfonamides is 1. The summed E-state index contributed by atoms with van der Waals surface area (Å²) < 4.78 is 27.1. The Morgan fingerprint density at radius 2 is 1.79 bits per heavy atom. The van der Waals surface area contributed by atoms with Crippen LogP contribution in [0.2, 0.25) is 0 Å². The molecule has 0 aromatic heterocycles. The Labute approximate surface area is 144 Å². The van der Waals surface area contributed by atoms with E-state index in [1.165, 1.54) is 4.31 Å². The zero-order valence-electron chi connectivity index (χ0n) is 14.5. The molecule has 24 heavy (non-hydrogen) atoms. The molecule has 0 aliphatic carbocycles. The number of benzene rings is 1. The molecule has 6 nitrogen and oxygen atoms in total. The van der Waals surface area contributed by atoms with E-state index in [0.29, 0.717) is 26.1 Å². The van der Waals surface area contributed by atoms with Crippen LogP contribution in [-0.2, 0) is 14.8 Å². The Kier molecular flexibility index (Phi) is 6.77. The van der Waals surface area contributed by atoms with Crippen molar-refractivity contribution in [2.24, 2.45) is 0 Å². The van der Waals surface area contributed by atoms with Crippen molar-refractivity contribution in [3.63, 3.8) is 0 Å². The molecule has 1 aliphatic heterocycles. The number of nitrogens with zero attached hydrogens (tertiary/aromatic N) is 2. The number of rotatable bonds is 7. The maximum absolute atomic E-state index is 12.8. The van der Waals surface area contributed by atoms with Crippen molar-refractivity contribution in [2.75, 3.05) is 39.3 Å². The van der Waals surface area contributed by atoms with E-state index in [0.717, 1.165) is 18.7 Å². The standard InChI is InChI=1S/C17H27N3O3S/c1-3-11-20(12-8-17(21)19-13-9-18-10-14-19)24(22,23)16-6-4-15(2)5-7-16/h4-7,18H,3,8-14H2,1-2H3. The van der Waals surface area contributed by atoms with Crippen molar-refractivity contribution < 1.29 is 13.2 Å². The number of amides is 1. The monoisotopic (exact) mass is 353 g/mol. The van der Waals surface area contributed by atoms with Gasteiger partial charge in [-0.15, -0.1) is 0 Å². The maximum Gasteiger partial charge on any atom is 0.243 e. The Hall–Kier alpha value is -1.44. The quantitative estimate of drug-likeness (QED) is 0.800. The first-order valence-corrected chi connectivity index (χ1v) is 9.94. The molecule has 134 valence electrons. The average Bonchev–Trinajstić information content (AvgIpc) is 2.59. The second kappa shape index (κ2) is 8.60. The predicted molar refractivity (Wildman–Crippen MR) is 94.3 cm³/mol. The first-order chi connectivity index (χ1) is 11.4. The van der Waals surface area contributed by atoms with E-state index in [1.54, 1.807) is 29.2 Å². The van der Waals surface area contributed by atoms with Gasteiger partial charge in [-0.05, 0) is 25.5 Å². The molecule has 1 amide bonds. The van der Waals surface area contributed by atoms with Crippen molar-refractivity contribution in [1.82, 2.24) is 14.5 Å². The summed E-state index contributed by atoms with van der Waals surface area (Å²) >= 11 is 0. The van der Waals surface area contributed by atoms with E-state index in [2.05, 4.69) is 5.32 Å². The SMILES string of the molecule is CCCN(CCC(=O)N1CCNCC1)S(=O)(=O)c1ccc(C)cc1. The van der Waals surface area contributed by atoms with Crippen LogP contribution in [0.25, 0.3) is 0 Å². The van der Waals surface area contributed by atoms with E-state index in [9.17, 15) is 13.2 Å². The Balaban J connectivity index is 2.04. The van der Waals surface area contributed by atoms with E-state index in [4.69, 9.17) is 0 Å². The molecule has 1 aromatic rings. The fraction of sp³-hybridized carbons (Fsp3) is 0.588. The Bertz CT molecular complexity index is 638. The normalized spacial score (nSPS) is 15.7. The molecule has 0 unspecified atom stereocenters. The van der Waals surface area contributed by atoms with Crippen molar-refractivity contribution >= 4 is 15.9 Å². The van der Waals surface area contributed by atoms with Crippen LogP contribution in [0.4, 0.5) is 0 Å². The number of carbonyl (C=O) groups is 1. The summed E-state index contributed by atoms with van der Waals surface area (Å²) in [5.74, 6) is 0.0247. The summed E-state index contributed by atoms with van der Waals surface area (Å²) in [6.45, 7) is 7.49. The van der Waals surface area contributed by atoms with E-state index < -0.39 is 10.0 Å². The molecule has 0 saturated carbocycles. The van der Waals surface area contributed by atoms with Gasteiger partial charge in [0.15, 0.2) is 0 Å². The number of carbonyl (C=O) groups excluding carboxylic acids is 1. The molecular weight excluding hydrogens is 326 g/mol. The van der Waals surface area contributed by atoms with Gasteiger partial charge >= 0.3 is 0 Å². The Morgan fingerprint density at radius 1 is 1.17 bits per heavy atom. The zero-order chi connectivity index (χ0) is 17.6. The number of hydrogen-bond acceptors (Lipinski definition) is 4. The molecule has 1 saturated heterocycles. The molecular formula is C17H27N3O3S. The van der Waals surface area contributed by atoms with Crippen molar-refractivity contribution in [3.8, 4) is 0 Å². The van der Waals surface area contributed by atoms with Crippen LogP contribution in [0, 0.1) is 6.92 Å². The topological polar surface area (TPSA) is 69.7 Å². The van der Waals surface area contributed by atoms with Gasteiger partial charge in [0.25, 0.3) is 0 Å². The van der Waals surface area contributed by atoms with E-state index in [1.807, 2.05) is 13.8 Å². The molecule has 1 N–H and O–H groups in total. The molecule has 0 bridgehead atoms. The average molecular weight is 353 g/mol. The predicted octanol–water partition coefficient (Wildman–Crippen LogP) is 1.22. The number of piperazine rings is 1. The minimum Gasteiger partial charge on any atom is -0.340 e. The minimum atomic E-state index is -3.56. The summed E-state index contributed by atoms with van der Waals surface area (Å²) in [5, 5.41) is 3.20. The third-order valence-corrected chi connectivity index (χ3v) is 6.09. The second-order valence-corrected chi connectivity index (χ2v) is 8.04. The van der Waals surface area contributed by atoms with Crippen LogP contribution in [-0.4, -0.2) is 62.8 Å². The third kappa shape index (κ3) is 4.78. The molecule has 0 spiro atoms. The smallest absolute Gasteiger partial charge is 0.243 e. The highest BCUT2D eigenvalue weighted by Gasteiger charge is 2.25. The van der Waals surface area contributed by atoms with Crippen molar-refractivity contribution in [3.05, 3.63) is 29.8 Å². The molecule has 0 radical (unpaired) electrons. The highest BCUT2D eigenvalue weighted by molar-refractivity contribution is 7.89. The van der Waals surface area contributed by atoms with Gasteiger partial charge in [0, 0.05) is 45.7 Å². The summed E-state index contributed by atoms with van der Waals surface area (Å²) in [6, 6.07) is 6.85. The van der Waals surface area contributed by atoms with Crippen LogP contribution in [0.1, 0.15) is 25.3 Å². The van der Waals surface area contributed by atoms with Crippen molar-refractivity contribution in [1.29, 1.82) is 0 Å². The number of aryl methyl sites for hydroxylation is 1. The Morgan fingerprint density at radius 3 is 2.38 bits per heavy atom. The first kappa shape index (κ1) is 18.9. The third-order valence-electron chi connectivity index (χ3n) is 4.18. The van der Waals surface area contributed by atoms with E-state index in [-0.39, 0.29) is 23.8 Å². The fourth-order valence-corrected chi connectivity index (χ4v) is 4.29.